The first-order valence-electron chi connectivity index (χ1n) is 5.62. The van der Waals surface area contributed by atoms with E-state index in [1.54, 1.807) is 0 Å². The summed E-state index contributed by atoms with van der Waals surface area (Å²) < 4.78 is 2.10. The number of fused-ring (bicyclic) bond motifs is 2. The van der Waals surface area contributed by atoms with Gasteiger partial charge in [-0.15, -0.1) is 0 Å². The molecule has 1 aromatic rings. The topological polar surface area (TPSA) is 42.2 Å². The molecule has 0 amide bonds. The van der Waals surface area contributed by atoms with Crippen LogP contribution in [0.25, 0.3) is 0 Å². The molecule has 3 rings (SSSR count). The second-order valence-electron chi connectivity index (χ2n) is 4.82. The fraction of sp³-hybridized carbons (Fsp3) is 0.583. The van der Waals surface area contributed by atoms with E-state index in [1.165, 1.54) is 6.42 Å². The number of aromatic nitrogens is 1. The van der Waals surface area contributed by atoms with Crippen LogP contribution in [-0.4, -0.2) is 15.6 Å². The van der Waals surface area contributed by atoms with Crippen molar-refractivity contribution in [1.82, 2.24) is 4.57 Å². The van der Waals surface area contributed by atoms with E-state index in [1.807, 2.05) is 24.5 Å². The minimum atomic E-state index is -0.610. The lowest BCUT2D eigenvalue weighted by Gasteiger charge is -2.29. The molecular formula is C12H15NO2. The van der Waals surface area contributed by atoms with Crippen LogP contribution in [0.2, 0.25) is 0 Å². The first-order valence-corrected chi connectivity index (χ1v) is 5.62. The summed E-state index contributed by atoms with van der Waals surface area (Å²) in [5, 5.41) is 9.29. The van der Waals surface area contributed by atoms with Gasteiger partial charge in [-0.3, -0.25) is 4.79 Å². The Hall–Kier alpha value is -1.25. The molecule has 15 heavy (non-hydrogen) atoms. The summed E-state index contributed by atoms with van der Waals surface area (Å²) in [5.41, 5.74) is 0. The van der Waals surface area contributed by atoms with Gasteiger partial charge < -0.3 is 9.67 Å². The van der Waals surface area contributed by atoms with Crippen molar-refractivity contribution in [2.75, 3.05) is 0 Å². The number of hydrogen-bond acceptors (Lipinski definition) is 1. The first kappa shape index (κ1) is 9.01. The fourth-order valence-electron chi connectivity index (χ4n) is 3.58. The fourth-order valence-corrected chi connectivity index (χ4v) is 3.58. The zero-order chi connectivity index (χ0) is 10.4. The van der Waals surface area contributed by atoms with Crippen LogP contribution in [0.5, 0.6) is 0 Å². The molecule has 2 fully saturated rings. The third kappa shape index (κ3) is 1.22. The molecule has 1 heterocycles. The predicted octanol–water partition coefficient (Wildman–Crippen LogP) is 2.16. The summed E-state index contributed by atoms with van der Waals surface area (Å²) in [5.74, 6) is 0.237. The van der Waals surface area contributed by atoms with E-state index in [9.17, 15) is 9.90 Å². The van der Waals surface area contributed by atoms with Gasteiger partial charge in [-0.25, -0.2) is 0 Å². The summed E-state index contributed by atoms with van der Waals surface area (Å²) in [6.07, 6.45) is 7.43. The van der Waals surface area contributed by atoms with E-state index in [4.69, 9.17) is 0 Å². The third-order valence-corrected chi connectivity index (χ3v) is 4.13. The van der Waals surface area contributed by atoms with Gasteiger partial charge in [-0.2, -0.15) is 0 Å². The minimum absolute atomic E-state index is 0.156. The highest BCUT2D eigenvalue weighted by Crippen LogP contribution is 2.54. The molecule has 0 radical (unpaired) electrons. The predicted molar refractivity (Wildman–Crippen MR) is 55.4 cm³/mol. The standard InChI is InChI=1S/C12H15NO2/c14-12(15)10-8-3-4-9(7-8)11(10)13-5-1-2-6-13/h1-2,5-6,8-11H,3-4,7H2,(H,14,15). The van der Waals surface area contributed by atoms with Crippen molar-refractivity contribution in [1.29, 1.82) is 0 Å². The smallest absolute Gasteiger partial charge is 0.308 e. The summed E-state index contributed by atoms with van der Waals surface area (Å²) >= 11 is 0. The number of rotatable bonds is 2. The number of carboxylic acid groups (broad SMARTS) is 1. The average Bonchev–Trinajstić information content (AvgIpc) is 2.92. The Kier molecular flexibility index (Phi) is 1.87. The maximum absolute atomic E-state index is 11.3. The van der Waals surface area contributed by atoms with Crippen molar-refractivity contribution in [3.63, 3.8) is 0 Å². The van der Waals surface area contributed by atoms with Crippen LogP contribution in [0.4, 0.5) is 0 Å². The van der Waals surface area contributed by atoms with Crippen LogP contribution >= 0.6 is 0 Å². The maximum atomic E-state index is 11.3. The quantitative estimate of drug-likeness (QED) is 0.803. The number of carbonyl (C=O) groups is 1. The molecule has 0 spiro atoms. The highest BCUT2D eigenvalue weighted by Gasteiger charge is 2.51. The van der Waals surface area contributed by atoms with Gasteiger partial charge in [0.1, 0.15) is 0 Å². The molecule has 2 aliphatic rings. The Labute approximate surface area is 88.7 Å². The molecule has 4 atom stereocenters. The van der Waals surface area contributed by atoms with Gasteiger partial charge >= 0.3 is 5.97 Å². The maximum Gasteiger partial charge on any atom is 0.308 e. The Morgan fingerprint density at radius 3 is 2.53 bits per heavy atom. The SMILES string of the molecule is O=C(O)C1C2CCC(C2)C1n1cccc1. The molecular weight excluding hydrogens is 190 g/mol. The van der Waals surface area contributed by atoms with Crippen molar-refractivity contribution in [2.24, 2.45) is 17.8 Å². The van der Waals surface area contributed by atoms with E-state index in [0.29, 0.717) is 11.8 Å². The van der Waals surface area contributed by atoms with Crippen molar-refractivity contribution in [2.45, 2.75) is 25.3 Å². The molecule has 3 heteroatoms. The van der Waals surface area contributed by atoms with Gasteiger partial charge in [0.05, 0.1) is 5.92 Å². The molecule has 80 valence electrons. The molecule has 0 saturated heterocycles. The summed E-state index contributed by atoms with van der Waals surface area (Å²) in [6, 6.07) is 4.16. The second-order valence-corrected chi connectivity index (χ2v) is 4.82. The molecule has 4 unspecified atom stereocenters. The van der Waals surface area contributed by atoms with Crippen LogP contribution in [0.3, 0.4) is 0 Å². The highest BCUT2D eigenvalue weighted by molar-refractivity contribution is 5.72. The van der Waals surface area contributed by atoms with Crippen LogP contribution in [0, 0.1) is 17.8 Å². The monoisotopic (exact) mass is 205 g/mol. The van der Waals surface area contributed by atoms with E-state index in [-0.39, 0.29) is 12.0 Å². The Morgan fingerprint density at radius 2 is 1.87 bits per heavy atom. The minimum Gasteiger partial charge on any atom is -0.481 e. The van der Waals surface area contributed by atoms with Gasteiger partial charge in [0.2, 0.25) is 0 Å². The lowest BCUT2D eigenvalue weighted by atomic mass is 9.84. The van der Waals surface area contributed by atoms with Crippen molar-refractivity contribution < 1.29 is 9.90 Å². The number of hydrogen-bond donors (Lipinski definition) is 1. The summed E-state index contributed by atoms with van der Waals surface area (Å²) in [6.45, 7) is 0. The van der Waals surface area contributed by atoms with E-state index in [2.05, 4.69) is 4.57 Å². The van der Waals surface area contributed by atoms with Crippen molar-refractivity contribution in [3.8, 4) is 0 Å². The summed E-state index contributed by atoms with van der Waals surface area (Å²) in [4.78, 5) is 11.3. The van der Waals surface area contributed by atoms with Crippen LogP contribution < -0.4 is 0 Å². The number of carboxylic acids is 1. The van der Waals surface area contributed by atoms with Gasteiger partial charge in [-0.05, 0) is 43.2 Å². The Balaban J connectivity index is 1.96. The lowest BCUT2D eigenvalue weighted by Crippen LogP contribution is -2.31. The summed E-state index contributed by atoms with van der Waals surface area (Å²) in [7, 11) is 0. The second kappa shape index (κ2) is 3.12. The molecule has 2 aliphatic carbocycles. The van der Waals surface area contributed by atoms with Crippen LogP contribution in [-0.2, 0) is 4.79 Å². The number of nitrogens with zero attached hydrogens (tertiary/aromatic N) is 1. The normalized spacial score (nSPS) is 38.4. The van der Waals surface area contributed by atoms with Gasteiger partial charge in [0.15, 0.2) is 0 Å². The van der Waals surface area contributed by atoms with E-state index >= 15 is 0 Å². The molecule has 2 saturated carbocycles. The van der Waals surface area contributed by atoms with Crippen LogP contribution in [0.15, 0.2) is 24.5 Å². The zero-order valence-electron chi connectivity index (χ0n) is 8.54. The van der Waals surface area contributed by atoms with Crippen molar-refractivity contribution >= 4 is 5.97 Å². The molecule has 3 nitrogen and oxygen atoms in total. The number of aliphatic carboxylic acids is 1. The average molecular weight is 205 g/mol. The Morgan fingerprint density at radius 1 is 1.20 bits per heavy atom. The lowest BCUT2D eigenvalue weighted by molar-refractivity contribution is -0.145. The molecule has 1 N–H and O–H groups in total. The molecule has 0 aromatic carbocycles. The third-order valence-electron chi connectivity index (χ3n) is 4.13. The molecule has 1 aromatic heterocycles. The van der Waals surface area contributed by atoms with E-state index < -0.39 is 5.97 Å². The zero-order valence-corrected chi connectivity index (χ0v) is 8.54. The highest BCUT2D eigenvalue weighted by atomic mass is 16.4. The molecule has 2 bridgehead atoms. The van der Waals surface area contributed by atoms with Gasteiger partial charge in [0, 0.05) is 18.4 Å². The first-order chi connectivity index (χ1) is 7.27. The Bertz CT molecular complexity index is 371. The molecule has 0 aliphatic heterocycles. The van der Waals surface area contributed by atoms with Gasteiger partial charge in [-0.1, -0.05) is 0 Å². The van der Waals surface area contributed by atoms with E-state index in [0.717, 1.165) is 12.8 Å². The van der Waals surface area contributed by atoms with Crippen LogP contribution in [0.1, 0.15) is 25.3 Å². The largest absolute Gasteiger partial charge is 0.481 e. The van der Waals surface area contributed by atoms with Gasteiger partial charge in [0.25, 0.3) is 0 Å². The van der Waals surface area contributed by atoms with Crippen molar-refractivity contribution in [3.05, 3.63) is 24.5 Å².